The third-order valence-electron chi connectivity index (χ3n) is 1.59. The number of benzene rings is 1. The van der Waals surface area contributed by atoms with Crippen molar-refractivity contribution in [1.29, 1.82) is 0 Å². The highest BCUT2D eigenvalue weighted by atomic mass is 32.3. The lowest BCUT2D eigenvalue weighted by Gasteiger charge is -2.07. The van der Waals surface area contributed by atoms with Crippen molar-refractivity contribution in [2.75, 3.05) is 0 Å². The minimum atomic E-state index is -4.81. The van der Waals surface area contributed by atoms with Crippen molar-refractivity contribution >= 4 is 10.2 Å². The average molecular weight is 242 g/mol. The van der Waals surface area contributed by atoms with Crippen LogP contribution in [0.2, 0.25) is 0 Å². The molecule has 0 spiro atoms. The molecular formula is C8H6F4O2S. The second-order valence-electron chi connectivity index (χ2n) is 2.88. The molecule has 0 radical (unpaired) electrons. The molecule has 1 aromatic carbocycles. The fourth-order valence-electron chi connectivity index (χ4n) is 1.04. The van der Waals surface area contributed by atoms with Crippen LogP contribution in [0, 0.1) is 0 Å². The minimum Gasteiger partial charge on any atom is -0.194 e. The van der Waals surface area contributed by atoms with E-state index in [-0.39, 0.29) is 5.56 Å². The summed E-state index contributed by atoms with van der Waals surface area (Å²) in [6.07, 6.45) is -4.56. The van der Waals surface area contributed by atoms with Crippen molar-refractivity contribution in [1.82, 2.24) is 0 Å². The van der Waals surface area contributed by atoms with Gasteiger partial charge in [0.15, 0.2) is 0 Å². The number of alkyl halides is 3. The van der Waals surface area contributed by atoms with Crippen LogP contribution in [-0.2, 0) is 22.2 Å². The number of hydrogen-bond acceptors (Lipinski definition) is 2. The molecule has 0 heterocycles. The fourth-order valence-corrected chi connectivity index (χ4v) is 1.61. The predicted octanol–water partition coefficient (Wildman–Crippen LogP) is 2.50. The zero-order valence-corrected chi connectivity index (χ0v) is 8.07. The summed E-state index contributed by atoms with van der Waals surface area (Å²) in [6, 6.07) is 3.54. The predicted molar refractivity (Wildman–Crippen MR) is 45.2 cm³/mol. The maximum Gasteiger partial charge on any atom is 0.416 e. The first-order valence-corrected chi connectivity index (χ1v) is 5.32. The summed E-state index contributed by atoms with van der Waals surface area (Å²) in [5, 5.41) is 0. The largest absolute Gasteiger partial charge is 0.416 e. The van der Waals surface area contributed by atoms with Gasteiger partial charge >= 0.3 is 16.4 Å². The van der Waals surface area contributed by atoms with Crippen LogP contribution in [0.4, 0.5) is 17.1 Å². The molecular weight excluding hydrogens is 236 g/mol. The molecule has 84 valence electrons. The summed E-state index contributed by atoms with van der Waals surface area (Å²) in [6.45, 7) is 0. The molecule has 2 nitrogen and oxygen atoms in total. The Kier molecular flexibility index (Phi) is 3.03. The van der Waals surface area contributed by atoms with Crippen molar-refractivity contribution in [2.24, 2.45) is 0 Å². The van der Waals surface area contributed by atoms with Crippen LogP contribution in [0.3, 0.4) is 0 Å². The molecule has 0 unspecified atom stereocenters. The van der Waals surface area contributed by atoms with Gasteiger partial charge in [0.05, 0.1) is 5.56 Å². The molecule has 7 heteroatoms. The fraction of sp³-hybridized carbons (Fsp3) is 0.250. The van der Waals surface area contributed by atoms with E-state index >= 15 is 0 Å². The Hall–Kier alpha value is -1.11. The van der Waals surface area contributed by atoms with Crippen LogP contribution in [0.1, 0.15) is 11.1 Å². The molecule has 0 aliphatic carbocycles. The van der Waals surface area contributed by atoms with Gasteiger partial charge in [0.1, 0.15) is 5.75 Å². The van der Waals surface area contributed by atoms with Crippen LogP contribution in [0.15, 0.2) is 24.3 Å². The standard InChI is InChI=1S/C8H6F4O2S/c9-8(10,11)7-3-1-2-6(4-7)5-15(12,13)14/h1-4H,5H2. The summed E-state index contributed by atoms with van der Waals surface area (Å²) in [5.41, 5.74) is -1.23. The van der Waals surface area contributed by atoms with Gasteiger partial charge in [-0.15, -0.1) is 3.89 Å². The SMILES string of the molecule is O=S(=O)(F)Cc1cccc(C(F)(F)F)c1. The first-order chi connectivity index (χ1) is 6.68. The third-order valence-corrected chi connectivity index (χ3v) is 2.27. The summed E-state index contributed by atoms with van der Waals surface area (Å²) >= 11 is 0. The third kappa shape index (κ3) is 3.86. The van der Waals surface area contributed by atoms with Crippen LogP contribution >= 0.6 is 0 Å². The van der Waals surface area contributed by atoms with E-state index in [0.29, 0.717) is 6.07 Å². The Morgan fingerprint density at radius 3 is 2.27 bits per heavy atom. The van der Waals surface area contributed by atoms with E-state index < -0.39 is 27.7 Å². The topological polar surface area (TPSA) is 34.1 Å². The second-order valence-corrected chi connectivity index (χ2v) is 4.25. The first kappa shape index (κ1) is 12.0. The normalized spacial score (nSPS) is 12.8. The van der Waals surface area contributed by atoms with E-state index in [4.69, 9.17) is 0 Å². The van der Waals surface area contributed by atoms with E-state index in [1.165, 1.54) is 0 Å². The van der Waals surface area contributed by atoms with Gasteiger partial charge in [0, 0.05) is 0 Å². The molecule has 0 saturated heterocycles. The average Bonchev–Trinajstić information content (AvgIpc) is 1.99. The van der Waals surface area contributed by atoms with Crippen molar-refractivity contribution in [3.05, 3.63) is 35.4 Å². The van der Waals surface area contributed by atoms with Crippen LogP contribution in [-0.4, -0.2) is 8.42 Å². The van der Waals surface area contributed by atoms with E-state index in [1.54, 1.807) is 0 Å². The molecule has 0 aromatic heterocycles. The molecule has 0 N–H and O–H groups in total. The first-order valence-electron chi connectivity index (χ1n) is 3.77. The summed E-state index contributed by atoms with van der Waals surface area (Å²) < 4.78 is 69.1. The molecule has 0 fully saturated rings. The van der Waals surface area contributed by atoms with Gasteiger partial charge in [-0.1, -0.05) is 18.2 Å². The summed E-state index contributed by atoms with van der Waals surface area (Å²) in [5.74, 6) is -1.04. The lowest BCUT2D eigenvalue weighted by atomic mass is 10.1. The number of rotatable bonds is 2. The van der Waals surface area contributed by atoms with E-state index in [1.807, 2.05) is 0 Å². The second kappa shape index (κ2) is 3.80. The molecule has 15 heavy (non-hydrogen) atoms. The Bertz CT molecular complexity index is 450. The van der Waals surface area contributed by atoms with Gasteiger partial charge in [0.2, 0.25) is 0 Å². The number of hydrogen-bond donors (Lipinski definition) is 0. The molecule has 0 aliphatic heterocycles. The summed E-state index contributed by atoms with van der Waals surface area (Å²) in [7, 11) is -4.81. The molecule has 1 rings (SSSR count). The number of halogens is 4. The van der Waals surface area contributed by atoms with E-state index in [9.17, 15) is 25.5 Å². The van der Waals surface area contributed by atoms with Gasteiger partial charge in [-0.05, 0) is 11.6 Å². The quantitative estimate of drug-likeness (QED) is 0.589. The van der Waals surface area contributed by atoms with Crippen LogP contribution in [0.5, 0.6) is 0 Å². The van der Waals surface area contributed by atoms with Gasteiger partial charge in [0.25, 0.3) is 0 Å². The highest BCUT2D eigenvalue weighted by Gasteiger charge is 2.30. The molecule has 1 aromatic rings. The van der Waals surface area contributed by atoms with Gasteiger partial charge in [-0.25, -0.2) is 0 Å². The maximum atomic E-state index is 12.2. The minimum absolute atomic E-state index is 0.229. The molecule has 0 amide bonds. The van der Waals surface area contributed by atoms with E-state index in [2.05, 4.69) is 0 Å². The Labute approximate surface area is 83.7 Å². The van der Waals surface area contributed by atoms with Gasteiger partial charge < -0.3 is 0 Å². The van der Waals surface area contributed by atoms with Crippen molar-refractivity contribution in [3.8, 4) is 0 Å². The lowest BCUT2D eigenvalue weighted by Crippen LogP contribution is -2.06. The van der Waals surface area contributed by atoms with E-state index in [0.717, 1.165) is 18.2 Å². The Balaban J connectivity index is 3.04. The molecule has 0 saturated carbocycles. The molecule has 0 atom stereocenters. The van der Waals surface area contributed by atoms with Crippen molar-refractivity contribution in [2.45, 2.75) is 11.9 Å². The zero-order valence-electron chi connectivity index (χ0n) is 7.25. The summed E-state index contributed by atoms with van der Waals surface area (Å²) in [4.78, 5) is 0. The highest BCUT2D eigenvalue weighted by molar-refractivity contribution is 7.85. The smallest absolute Gasteiger partial charge is 0.194 e. The van der Waals surface area contributed by atoms with Crippen LogP contribution < -0.4 is 0 Å². The van der Waals surface area contributed by atoms with Crippen molar-refractivity contribution in [3.63, 3.8) is 0 Å². The van der Waals surface area contributed by atoms with Crippen LogP contribution in [0.25, 0.3) is 0 Å². The highest BCUT2D eigenvalue weighted by Crippen LogP contribution is 2.29. The maximum absolute atomic E-state index is 12.2. The monoisotopic (exact) mass is 242 g/mol. The Morgan fingerprint density at radius 1 is 1.20 bits per heavy atom. The Morgan fingerprint density at radius 2 is 1.80 bits per heavy atom. The zero-order chi connectivity index (χ0) is 11.7. The molecule has 0 bridgehead atoms. The van der Waals surface area contributed by atoms with Gasteiger partial charge in [-0.3, -0.25) is 0 Å². The van der Waals surface area contributed by atoms with Gasteiger partial charge in [-0.2, -0.15) is 21.6 Å². The lowest BCUT2D eigenvalue weighted by molar-refractivity contribution is -0.137. The molecule has 0 aliphatic rings. The van der Waals surface area contributed by atoms with Crippen molar-refractivity contribution < 1.29 is 25.5 Å².